The highest BCUT2D eigenvalue weighted by molar-refractivity contribution is 5.75. The van der Waals surface area contributed by atoms with Gasteiger partial charge in [0.25, 0.3) is 0 Å². The molecular formula is C31H46N4O. The highest BCUT2D eigenvalue weighted by atomic mass is 16.1. The fourth-order valence-electron chi connectivity index (χ4n) is 9.83. The molecule has 4 aliphatic rings. The van der Waals surface area contributed by atoms with E-state index >= 15 is 0 Å². The minimum Gasteiger partial charge on any atom is -0.352 e. The first-order valence-electron chi connectivity index (χ1n) is 14.7. The summed E-state index contributed by atoms with van der Waals surface area (Å²) in [5.74, 6) is 4.84. The third-order valence-corrected chi connectivity index (χ3v) is 11.8. The molecule has 4 aliphatic carbocycles. The lowest BCUT2D eigenvalue weighted by atomic mass is 9.44. The number of azide groups is 1. The van der Waals surface area contributed by atoms with Crippen molar-refractivity contribution >= 4 is 5.91 Å². The Balaban J connectivity index is 1.18. The van der Waals surface area contributed by atoms with Crippen LogP contribution in [0.2, 0.25) is 0 Å². The molecule has 4 saturated carbocycles. The van der Waals surface area contributed by atoms with Gasteiger partial charge in [0.2, 0.25) is 5.91 Å². The number of fused-ring (bicyclic) bond motifs is 5. The molecule has 1 N–H and O–H groups in total. The first-order chi connectivity index (χ1) is 17.3. The summed E-state index contributed by atoms with van der Waals surface area (Å²) in [5.41, 5.74) is 11.0. The molecule has 0 heterocycles. The lowest BCUT2D eigenvalue weighted by molar-refractivity contribution is -0.122. The van der Waals surface area contributed by atoms with E-state index in [-0.39, 0.29) is 11.9 Å². The Labute approximate surface area is 217 Å². The second-order valence-electron chi connectivity index (χ2n) is 13.3. The molecule has 9 atom stereocenters. The summed E-state index contributed by atoms with van der Waals surface area (Å²) < 4.78 is 0. The van der Waals surface area contributed by atoms with Crippen LogP contribution < -0.4 is 5.32 Å². The van der Waals surface area contributed by atoms with Gasteiger partial charge in [0.15, 0.2) is 0 Å². The van der Waals surface area contributed by atoms with Gasteiger partial charge in [-0.1, -0.05) is 56.2 Å². The van der Waals surface area contributed by atoms with E-state index in [1.54, 1.807) is 0 Å². The van der Waals surface area contributed by atoms with E-state index < -0.39 is 0 Å². The lowest BCUT2D eigenvalue weighted by Crippen LogP contribution is -2.54. The zero-order valence-corrected chi connectivity index (χ0v) is 22.7. The summed E-state index contributed by atoms with van der Waals surface area (Å²) in [4.78, 5) is 15.7. The monoisotopic (exact) mass is 490 g/mol. The van der Waals surface area contributed by atoms with Gasteiger partial charge in [0.05, 0.1) is 0 Å². The molecule has 0 aromatic heterocycles. The van der Waals surface area contributed by atoms with Crippen molar-refractivity contribution in [2.75, 3.05) is 0 Å². The van der Waals surface area contributed by atoms with Gasteiger partial charge in [0.1, 0.15) is 0 Å². The average molecular weight is 491 g/mol. The number of carbonyl (C=O) groups is 1. The molecule has 1 amide bonds. The van der Waals surface area contributed by atoms with E-state index in [1.165, 1.54) is 44.9 Å². The van der Waals surface area contributed by atoms with Crippen molar-refractivity contribution in [1.82, 2.24) is 5.32 Å². The maximum absolute atomic E-state index is 12.6. The van der Waals surface area contributed by atoms with E-state index in [9.17, 15) is 4.79 Å². The Hall–Kier alpha value is -2.00. The number of rotatable bonds is 7. The maximum atomic E-state index is 12.6. The fourth-order valence-corrected chi connectivity index (χ4v) is 9.83. The summed E-state index contributed by atoms with van der Waals surface area (Å²) in [6.45, 7) is 8.25. The first kappa shape index (κ1) is 25.6. The van der Waals surface area contributed by atoms with Crippen LogP contribution in [0.15, 0.2) is 35.4 Å². The van der Waals surface area contributed by atoms with Gasteiger partial charge in [0, 0.05) is 23.9 Å². The molecular weight excluding hydrogens is 444 g/mol. The minimum atomic E-state index is 0.191. The highest BCUT2D eigenvalue weighted by Gasteiger charge is 2.60. The number of hydrogen-bond acceptors (Lipinski definition) is 2. The molecule has 36 heavy (non-hydrogen) atoms. The zero-order chi connectivity index (χ0) is 25.3. The molecule has 196 valence electrons. The third kappa shape index (κ3) is 4.69. The minimum absolute atomic E-state index is 0.191. The molecule has 4 fully saturated rings. The number of hydrogen-bond donors (Lipinski definition) is 1. The lowest BCUT2D eigenvalue weighted by Gasteiger charge is -2.61. The quantitative estimate of drug-likeness (QED) is 0.234. The van der Waals surface area contributed by atoms with E-state index in [2.05, 4.69) is 48.2 Å². The SMILES string of the molecule is C[C@H](CCC(=O)NCc1ccccc1)[C@H]1CC[C@H]2[C@@H]3CC[C@@H]4C[C@@H](N=[N+]=[N-])CC[C@]4(C)[C@H]3CC[C@]12C. The Morgan fingerprint density at radius 1 is 1.06 bits per heavy atom. The van der Waals surface area contributed by atoms with E-state index in [1.807, 2.05) is 18.2 Å². The largest absolute Gasteiger partial charge is 0.352 e. The van der Waals surface area contributed by atoms with Gasteiger partial charge in [-0.2, -0.15) is 0 Å². The molecule has 0 saturated heterocycles. The zero-order valence-electron chi connectivity index (χ0n) is 22.7. The van der Waals surface area contributed by atoms with Gasteiger partial charge in [-0.05, 0) is 122 Å². The van der Waals surface area contributed by atoms with Crippen molar-refractivity contribution in [3.63, 3.8) is 0 Å². The van der Waals surface area contributed by atoms with Crippen LogP contribution in [0.25, 0.3) is 10.4 Å². The molecule has 0 aliphatic heterocycles. The predicted octanol–water partition coefficient (Wildman–Crippen LogP) is 8.06. The highest BCUT2D eigenvalue weighted by Crippen LogP contribution is 2.68. The van der Waals surface area contributed by atoms with Gasteiger partial charge in [-0.25, -0.2) is 0 Å². The molecule has 0 spiro atoms. The van der Waals surface area contributed by atoms with Crippen LogP contribution in [0, 0.1) is 46.3 Å². The predicted molar refractivity (Wildman–Crippen MR) is 145 cm³/mol. The number of nitrogens with one attached hydrogen (secondary N) is 1. The average Bonchev–Trinajstić information content (AvgIpc) is 3.24. The summed E-state index contributed by atoms with van der Waals surface area (Å²) in [7, 11) is 0. The summed E-state index contributed by atoms with van der Waals surface area (Å²) >= 11 is 0. The smallest absolute Gasteiger partial charge is 0.220 e. The Morgan fingerprint density at radius 3 is 2.58 bits per heavy atom. The molecule has 0 radical (unpaired) electrons. The number of nitrogens with zero attached hydrogens (tertiary/aromatic N) is 3. The van der Waals surface area contributed by atoms with E-state index in [4.69, 9.17) is 5.53 Å². The maximum Gasteiger partial charge on any atom is 0.220 e. The molecule has 5 heteroatoms. The summed E-state index contributed by atoms with van der Waals surface area (Å²) in [6, 6.07) is 10.4. The Kier molecular flexibility index (Phi) is 7.41. The van der Waals surface area contributed by atoms with Crippen molar-refractivity contribution in [2.45, 2.75) is 104 Å². The standard InChI is InChI=1S/C31H46N4O/c1-21(9-14-29(36)33-20-22-7-5-4-6-8-22)26-12-13-27-25-11-10-23-19-24(34-35-32)15-17-30(23,2)28(25)16-18-31(26,27)3/h4-8,21,23-28H,9-20H2,1-3H3,(H,33,36)/t21-,23-,24+,25+,26-,27+,28+,30+,31-/m1/s1. The van der Waals surface area contributed by atoms with Crippen molar-refractivity contribution in [3.8, 4) is 0 Å². The van der Waals surface area contributed by atoms with Gasteiger partial charge >= 0.3 is 0 Å². The molecule has 5 rings (SSSR count). The number of amides is 1. The molecule has 1 aromatic carbocycles. The van der Waals surface area contributed by atoms with Crippen LogP contribution in [0.4, 0.5) is 0 Å². The van der Waals surface area contributed by atoms with Crippen molar-refractivity contribution in [1.29, 1.82) is 0 Å². The van der Waals surface area contributed by atoms with Crippen LogP contribution >= 0.6 is 0 Å². The van der Waals surface area contributed by atoms with E-state index in [0.29, 0.717) is 29.7 Å². The molecule has 1 aromatic rings. The molecule has 5 nitrogen and oxygen atoms in total. The van der Waals surface area contributed by atoms with E-state index in [0.717, 1.165) is 54.4 Å². The number of benzene rings is 1. The normalized spacial score (nSPS) is 40.2. The van der Waals surface area contributed by atoms with Crippen LogP contribution in [0.5, 0.6) is 0 Å². The number of carbonyl (C=O) groups excluding carboxylic acids is 1. The van der Waals surface area contributed by atoms with Gasteiger partial charge in [-0.3, -0.25) is 4.79 Å². The van der Waals surface area contributed by atoms with Gasteiger partial charge in [-0.15, -0.1) is 0 Å². The van der Waals surface area contributed by atoms with Crippen LogP contribution in [0.3, 0.4) is 0 Å². The Morgan fingerprint density at radius 2 is 1.81 bits per heavy atom. The van der Waals surface area contributed by atoms with Crippen molar-refractivity contribution in [3.05, 3.63) is 46.3 Å². The van der Waals surface area contributed by atoms with Crippen molar-refractivity contribution in [2.24, 2.45) is 51.5 Å². The third-order valence-electron chi connectivity index (χ3n) is 11.8. The van der Waals surface area contributed by atoms with Crippen molar-refractivity contribution < 1.29 is 4.79 Å². The fraction of sp³-hybridized carbons (Fsp3) is 0.774. The first-order valence-corrected chi connectivity index (χ1v) is 14.7. The van der Waals surface area contributed by atoms with Crippen LogP contribution in [-0.4, -0.2) is 11.9 Å². The summed E-state index contributed by atoms with van der Waals surface area (Å²) in [5, 5.41) is 7.24. The van der Waals surface area contributed by atoms with Crippen LogP contribution in [-0.2, 0) is 11.3 Å². The Bertz CT molecular complexity index is 974. The van der Waals surface area contributed by atoms with Crippen LogP contribution in [0.1, 0.15) is 97.0 Å². The molecule has 0 bridgehead atoms. The summed E-state index contributed by atoms with van der Waals surface area (Å²) in [6.07, 6.45) is 13.2. The second kappa shape index (κ2) is 10.4. The molecule has 0 unspecified atom stereocenters. The topological polar surface area (TPSA) is 77.9 Å². The van der Waals surface area contributed by atoms with Gasteiger partial charge < -0.3 is 5.32 Å². The second-order valence-corrected chi connectivity index (χ2v) is 13.3.